The second-order valence-corrected chi connectivity index (χ2v) is 5.60. The van der Waals surface area contributed by atoms with Crippen molar-refractivity contribution >= 4 is 16.9 Å². The number of piperidine rings is 1. The Morgan fingerprint density at radius 2 is 2.30 bits per heavy atom. The molecule has 3 heterocycles. The molecule has 1 N–H and O–H groups in total. The predicted octanol–water partition coefficient (Wildman–Crippen LogP) is 1.94. The average molecular weight is 273 g/mol. The van der Waals surface area contributed by atoms with E-state index in [1.807, 2.05) is 25.6 Å². The lowest BCUT2D eigenvalue weighted by atomic mass is 10.1. The van der Waals surface area contributed by atoms with Crippen molar-refractivity contribution in [2.24, 2.45) is 7.05 Å². The van der Waals surface area contributed by atoms with Gasteiger partial charge in [0.1, 0.15) is 5.52 Å². The Morgan fingerprint density at radius 1 is 1.40 bits per heavy atom. The largest absolute Gasteiger partial charge is 0.353 e. The molecule has 20 heavy (non-hydrogen) atoms. The van der Waals surface area contributed by atoms with Gasteiger partial charge in [0.25, 0.3) is 0 Å². The first-order chi connectivity index (χ1) is 9.79. The van der Waals surface area contributed by atoms with Gasteiger partial charge in [-0.15, -0.1) is 0 Å². The van der Waals surface area contributed by atoms with Gasteiger partial charge >= 0.3 is 0 Å². The molecule has 3 rings (SSSR count). The van der Waals surface area contributed by atoms with Crippen LogP contribution in [0.25, 0.3) is 11.0 Å². The second kappa shape index (κ2) is 5.79. The van der Waals surface area contributed by atoms with Crippen LogP contribution >= 0.6 is 0 Å². The molecule has 0 spiro atoms. The van der Waals surface area contributed by atoms with E-state index in [-0.39, 0.29) is 0 Å². The minimum Gasteiger partial charge on any atom is -0.353 e. The van der Waals surface area contributed by atoms with Crippen LogP contribution in [0.3, 0.4) is 0 Å². The van der Waals surface area contributed by atoms with E-state index in [4.69, 9.17) is 0 Å². The Hall–Kier alpha value is -1.62. The van der Waals surface area contributed by atoms with Crippen LogP contribution in [0.5, 0.6) is 0 Å². The Bertz CT molecular complexity index is 577. The molecule has 0 saturated carbocycles. The lowest BCUT2D eigenvalue weighted by Gasteiger charge is -2.34. The van der Waals surface area contributed by atoms with E-state index >= 15 is 0 Å². The van der Waals surface area contributed by atoms with Crippen molar-refractivity contribution in [3.63, 3.8) is 0 Å². The van der Waals surface area contributed by atoms with Crippen molar-refractivity contribution in [3.8, 4) is 0 Å². The highest BCUT2D eigenvalue weighted by Crippen LogP contribution is 2.25. The van der Waals surface area contributed by atoms with E-state index in [2.05, 4.69) is 31.7 Å². The van der Waals surface area contributed by atoms with E-state index in [1.54, 1.807) is 0 Å². The summed E-state index contributed by atoms with van der Waals surface area (Å²) in [5, 5.41) is 3.63. The van der Waals surface area contributed by atoms with Crippen LogP contribution in [-0.4, -0.2) is 40.2 Å². The summed E-state index contributed by atoms with van der Waals surface area (Å²) in [6.07, 6.45) is 7.42. The van der Waals surface area contributed by atoms with Crippen molar-refractivity contribution < 1.29 is 0 Å². The lowest BCUT2D eigenvalue weighted by molar-refractivity contribution is 0.422. The third kappa shape index (κ3) is 2.50. The predicted molar refractivity (Wildman–Crippen MR) is 82.0 cm³/mol. The summed E-state index contributed by atoms with van der Waals surface area (Å²) in [6, 6.07) is 2.60. The van der Waals surface area contributed by atoms with E-state index in [0.29, 0.717) is 6.04 Å². The van der Waals surface area contributed by atoms with Gasteiger partial charge in [-0.05, 0) is 31.9 Å². The van der Waals surface area contributed by atoms with Crippen molar-refractivity contribution in [2.45, 2.75) is 32.2 Å². The Morgan fingerprint density at radius 3 is 3.15 bits per heavy atom. The number of aryl methyl sites for hydroxylation is 1. The molecule has 5 heteroatoms. The summed E-state index contributed by atoms with van der Waals surface area (Å²) in [6.45, 7) is 5.42. The fourth-order valence-electron chi connectivity index (χ4n) is 2.96. The fraction of sp³-hybridized carbons (Fsp3) is 0.600. The first-order valence-corrected chi connectivity index (χ1v) is 7.54. The van der Waals surface area contributed by atoms with Gasteiger partial charge in [0.15, 0.2) is 5.82 Å². The van der Waals surface area contributed by atoms with E-state index in [9.17, 15) is 0 Å². The maximum absolute atomic E-state index is 4.58. The van der Waals surface area contributed by atoms with Gasteiger partial charge in [-0.1, -0.05) is 6.92 Å². The highest BCUT2D eigenvalue weighted by Gasteiger charge is 2.22. The monoisotopic (exact) mass is 273 g/mol. The standard InChI is InChI=1S/C15H23N5/c1-3-7-16-12-5-4-9-20(10-12)15-14-13(6-8-17-15)19(2)11-18-14/h6,8,11-12,16H,3-5,7,9-10H2,1-2H3. The molecule has 1 saturated heterocycles. The molecule has 0 aliphatic carbocycles. The Kier molecular flexibility index (Phi) is 3.87. The molecule has 1 atom stereocenters. The highest BCUT2D eigenvalue weighted by atomic mass is 15.2. The number of anilines is 1. The van der Waals surface area contributed by atoms with Gasteiger partial charge < -0.3 is 14.8 Å². The fourth-order valence-corrected chi connectivity index (χ4v) is 2.96. The van der Waals surface area contributed by atoms with Crippen molar-refractivity contribution in [1.29, 1.82) is 0 Å². The van der Waals surface area contributed by atoms with Crippen LogP contribution in [0.4, 0.5) is 5.82 Å². The van der Waals surface area contributed by atoms with Crippen LogP contribution in [0.2, 0.25) is 0 Å². The summed E-state index contributed by atoms with van der Waals surface area (Å²) in [5.41, 5.74) is 2.17. The summed E-state index contributed by atoms with van der Waals surface area (Å²) in [4.78, 5) is 11.5. The number of hydrogen-bond donors (Lipinski definition) is 1. The van der Waals surface area contributed by atoms with Crippen molar-refractivity contribution in [2.75, 3.05) is 24.5 Å². The van der Waals surface area contributed by atoms with Gasteiger partial charge in [-0.25, -0.2) is 9.97 Å². The lowest BCUT2D eigenvalue weighted by Crippen LogP contribution is -2.46. The smallest absolute Gasteiger partial charge is 0.156 e. The van der Waals surface area contributed by atoms with Crippen molar-refractivity contribution in [3.05, 3.63) is 18.6 Å². The molecular weight excluding hydrogens is 250 g/mol. The van der Waals surface area contributed by atoms with E-state index in [1.165, 1.54) is 19.3 Å². The number of aromatic nitrogens is 3. The van der Waals surface area contributed by atoms with Gasteiger partial charge in [-0.2, -0.15) is 0 Å². The Labute approximate surface area is 120 Å². The van der Waals surface area contributed by atoms with Gasteiger partial charge in [0.05, 0.1) is 11.8 Å². The summed E-state index contributed by atoms with van der Waals surface area (Å²) in [5.74, 6) is 1.03. The molecule has 2 aromatic rings. The summed E-state index contributed by atoms with van der Waals surface area (Å²) >= 11 is 0. The number of imidazole rings is 1. The highest BCUT2D eigenvalue weighted by molar-refractivity contribution is 5.86. The Balaban J connectivity index is 1.83. The molecule has 0 bridgehead atoms. The molecule has 1 unspecified atom stereocenters. The van der Waals surface area contributed by atoms with Crippen LogP contribution in [0, 0.1) is 0 Å². The van der Waals surface area contributed by atoms with Crippen LogP contribution in [-0.2, 0) is 7.05 Å². The quantitative estimate of drug-likeness (QED) is 0.924. The molecule has 108 valence electrons. The summed E-state index contributed by atoms with van der Waals surface area (Å²) in [7, 11) is 2.03. The first kappa shape index (κ1) is 13.4. The number of nitrogens with zero attached hydrogens (tertiary/aromatic N) is 4. The molecule has 0 radical (unpaired) electrons. The minimum atomic E-state index is 0.574. The molecule has 0 amide bonds. The molecule has 1 fully saturated rings. The molecule has 2 aromatic heterocycles. The molecule has 1 aliphatic rings. The maximum Gasteiger partial charge on any atom is 0.156 e. The molecular formula is C15H23N5. The second-order valence-electron chi connectivity index (χ2n) is 5.60. The van der Waals surface area contributed by atoms with Gasteiger partial charge in [0, 0.05) is 32.4 Å². The number of rotatable bonds is 4. The molecule has 1 aliphatic heterocycles. The van der Waals surface area contributed by atoms with Crippen molar-refractivity contribution in [1.82, 2.24) is 19.9 Å². The zero-order valence-corrected chi connectivity index (χ0v) is 12.3. The van der Waals surface area contributed by atoms with E-state index in [0.717, 1.165) is 36.5 Å². The third-order valence-electron chi connectivity index (χ3n) is 4.03. The number of hydrogen-bond acceptors (Lipinski definition) is 4. The number of nitrogens with one attached hydrogen (secondary N) is 1. The minimum absolute atomic E-state index is 0.574. The number of fused-ring (bicyclic) bond motifs is 1. The van der Waals surface area contributed by atoms with E-state index < -0.39 is 0 Å². The number of pyridine rings is 1. The maximum atomic E-state index is 4.58. The topological polar surface area (TPSA) is 46.0 Å². The van der Waals surface area contributed by atoms with Crippen LogP contribution < -0.4 is 10.2 Å². The first-order valence-electron chi connectivity index (χ1n) is 7.54. The zero-order valence-electron chi connectivity index (χ0n) is 12.3. The van der Waals surface area contributed by atoms with Gasteiger partial charge in [-0.3, -0.25) is 0 Å². The normalized spacial score (nSPS) is 19.7. The summed E-state index contributed by atoms with van der Waals surface area (Å²) < 4.78 is 2.05. The molecule has 5 nitrogen and oxygen atoms in total. The van der Waals surface area contributed by atoms with Crippen LogP contribution in [0.15, 0.2) is 18.6 Å². The zero-order chi connectivity index (χ0) is 13.9. The average Bonchev–Trinajstić information content (AvgIpc) is 2.87. The molecule has 0 aromatic carbocycles. The van der Waals surface area contributed by atoms with Crippen LogP contribution in [0.1, 0.15) is 26.2 Å². The SMILES string of the molecule is CCCNC1CCCN(c2nccc3c2ncn3C)C1. The third-order valence-corrected chi connectivity index (χ3v) is 4.03. The van der Waals surface area contributed by atoms with Gasteiger partial charge in [0.2, 0.25) is 0 Å².